The van der Waals surface area contributed by atoms with Gasteiger partial charge < -0.3 is 0 Å². The molecule has 0 saturated carbocycles. The average Bonchev–Trinajstić information content (AvgIpc) is 2.38. The normalized spacial score (nSPS) is 11.4. The van der Waals surface area contributed by atoms with E-state index >= 15 is 0 Å². The largest absolute Gasteiger partial charge is 0.267 e. The fraction of sp³-hybridized carbons (Fsp3) is 0.154. The molecule has 0 bridgehead atoms. The summed E-state index contributed by atoms with van der Waals surface area (Å²) in [4.78, 5) is 3.83. The number of hydrogen-bond donors (Lipinski definition) is 0. The topological polar surface area (TPSA) is 50.3 Å². The van der Waals surface area contributed by atoms with E-state index in [1.165, 1.54) is 22.6 Å². The van der Waals surface area contributed by atoms with Crippen molar-refractivity contribution < 1.29 is 8.42 Å². The van der Waals surface area contributed by atoms with Gasteiger partial charge in [0.1, 0.15) is 4.90 Å². The van der Waals surface area contributed by atoms with Gasteiger partial charge in [-0.3, -0.25) is 9.29 Å². The van der Waals surface area contributed by atoms with E-state index in [0.29, 0.717) is 10.2 Å². The van der Waals surface area contributed by atoms with E-state index < -0.39 is 10.0 Å². The van der Waals surface area contributed by atoms with Crippen LogP contribution < -0.4 is 4.31 Å². The number of nitrogens with zero attached hydrogens (tertiary/aromatic N) is 2. The minimum atomic E-state index is -3.87. The Labute approximate surface area is 141 Å². The quantitative estimate of drug-likeness (QED) is 0.753. The predicted molar refractivity (Wildman–Crippen MR) is 88.6 cm³/mol. The molecule has 0 aliphatic carbocycles. The molecule has 0 fully saturated rings. The van der Waals surface area contributed by atoms with Gasteiger partial charge in [-0.05, 0) is 31.2 Å². The van der Waals surface area contributed by atoms with Gasteiger partial charge in [-0.2, -0.15) is 0 Å². The second-order valence-corrected chi connectivity index (χ2v) is 7.61. The molecular formula is C13H11BrCl2N2O2S. The molecule has 112 valence electrons. The predicted octanol–water partition coefficient (Wildman–Crippen LogP) is 4.37. The van der Waals surface area contributed by atoms with Crippen molar-refractivity contribution in [2.75, 3.05) is 10.8 Å². The molecule has 1 aromatic heterocycles. The van der Waals surface area contributed by atoms with E-state index in [1.807, 2.05) is 0 Å². The van der Waals surface area contributed by atoms with Gasteiger partial charge in [-0.1, -0.05) is 39.1 Å². The first-order valence-electron chi connectivity index (χ1n) is 5.95. The summed E-state index contributed by atoms with van der Waals surface area (Å²) in [6.45, 7) is 1.96. The van der Waals surface area contributed by atoms with E-state index in [-0.39, 0.29) is 21.5 Å². The lowest BCUT2D eigenvalue weighted by Crippen LogP contribution is -2.31. The van der Waals surface area contributed by atoms with E-state index in [1.54, 1.807) is 25.3 Å². The van der Waals surface area contributed by atoms with Crippen LogP contribution in [-0.2, 0) is 10.0 Å². The van der Waals surface area contributed by atoms with Crippen molar-refractivity contribution in [1.82, 2.24) is 4.98 Å². The number of anilines is 1. The Balaban J connectivity index is 2.61. The first kappa shape index (κ1) is 16.5. The molecule has 4 nitrogen and oxygen atoms in total. The van der Waals surface area contributed by atoms with E-state index in [0.717, 1.165) is 0 Å². The van der Waals surface area contributed by atoms with Gasteiger partial charge >= 0.3 is 0 Å². The van der Waals surface area contributed by atoms with Crippen molar-refractivity contribution in [2.24, 2.45) is 0 Å². The van der Waals surface area contributed by atoms with Crippen LogP contribution in [0, 0.1) is 0 Å². The van der Waals surface area contributed by atoms with Crippen molar-refractivity contribution in [2.45, 2.75) is 11.8 Å². The zero-order valence-corrected chi connectivity index (χ0v) is 14.8. The minimum absolute atomic E-state index is 0.0664. The summed E-state index contributed by atoms with van der Waals surface area (Å²) in [5.74, 6) is 0. The lowest BCUT2D eigenvalue weighted by atomic mass is 10.4. The molecule has 2 rings (SSSR count). The van der Waals surface area contributed by atoms with Gasteiger partial charge in [-0.25, -0.2) is 8.42 Å². The maximum absolute atomic E-state index is 12.8. The Morgan fingerprint density at radius 1 is 1.29 bits per heavy atom. The summed E-state index contributed by atoms with van der Waals surface area (Å²) in [6, 6.07) is 6.32. The van der Waals surface area contributed by atoms with Crippen LogP contribution in [0.4, 0.5) is 5.69 Å². The third kappa shape index (κ3) is 3.34. The molecule has 0 atom stereocenters. The van der Waals surface area contributed by atoms with Crippen molar-refractivity contribution in [3.63, 3.8) is 0 Å². The van der Waals surface area contributed by atoms with E-state index in [9.17, 15) is 8.42 Å². The standard InChI is InChI=1S/C13H11BrCl2N2O2S/c1-2-18(10-4-3-5-17-8-10)21(19,20)13-11(15)6-9(14)7-12(13)16/h3-8H,2H2,1H3. The monoisotopic (exact) mass is 408 g/mol. The molecule has 1 heterocycles. The van der Waals surface area contributed by atoms with Crippen LogP contribution in [0.1, 0.15) is 6.92 Å². The number of sulfonamides is 1. The highest BCUT2D eigenvalue weighted by molar-refractivity contribution is 9.10. The Bertz CT molecular complexity index is 731. The van der Waals surface area contributed by atoms with E-state index in [4.69, 9.17) is 23.2 Å². The highest BCUT2D eigenvalue weighted by Crippen LogP contribution is 2.35. The van der Waals surface area contributed by atoms with Crippen molar-refractivity contribution in [3.8, 4) is 0 Å². The molecule has 0 amide bonds. The molecule has 2 aromatic rings. The molecule has 0 unspecified atom stereocenters. The molecule has 21 heavy (non-hydrogen) atoms. The smallest absolute Gasteiger partial charge is 0.265 e. The summed E-state index contributed by atoms with van der Waals surface area (Å²) in [5.41, 5.74) is 0.454. The lowest BCUT2D eigenvalue weighted by molar-refractivity contribution is 0.592. The van der Waals surface area contributed by atoms with Gasteiger partial charge in [0, 0.05) is 17.2 Å². The SMILES string of the molecule is CCN(c1cccnc1)S(=O)(=O)c1c(Cl)cc(Br)cc1Cl. The zero-order chi connectivity index (χ0) is 15.6. The van der Waals surface area contributed by atoms with Crippen LogP contribution in [0.2, 0.25) is 10.0 Å². The van der Waals surface area contributed by atoms with Crippen LogP contribution >= 0.6 is 39.1 Å². The molecule has 0 aliphatic heterocycles. The van der Waals surface area contributed by atoms with Crippen LogP contribution in [0.15, 0.2) is 46.0 Å². The lowest BCUT2D eigenvalue weighted by Gasteiger charge is -2.23. The molecule has 0 aliphatic rings. The maximum atomic E-state index is 12.8. The van der Waals surface area contributed by atoms with Gasteiger partial charge in [0.15, 0.2) is 0 Å². The average molecular weight is 410 g/mol. The van der Waals surface area contributed by atoms with Crippen molar-refractivity contribution >= 4 is 54.8 Å². The first-order chi connectivity index (χ1) is 9.87. The molecule has 0 N–H and O–H groups in total. The van der Waals surface area contributed by atoms with Gasteiger partial charge in [-0.15, -0.1) is 0 Å². The summed E-state index contributed by atoms with van der Waals surface area (Å²) >= 11 is 15.4. The second kappa shape index (κ2) is 6.52. The minimum Gasteiger partial charge on any atom is -0.265 e. The number of rotatable bonds is 4. The molecule has 0 spiro atoms. The number of aromatic nitrogens is 1. The Morgan fingerprint density at radius 3 is 2.38 bits per heavy atom. The van der Waals surface area contributed by atoms with Crippen molar-refractivity contribution in [3.05, 3.63) is 51.2 Å². The maximum Gasteiger partial charge on any atom is 0.267 e. The number of hydrogen-bond acceptors (Lipinski definition) is 3. The highest BCUT2D eigenvalue weighted by atomic mass is 79.9. The van der Waals surface area contributed by atoms with Gasteiger partial charge in [0.05, 0.1) is 21.9 Å². The molecule has 0 saturated heterocycles. The highest BCUT2D eigenvalue weighted by Gasteiger charge is 2.29. The van der Waals surface area contributed by atoms with Crippen LogP contribution in [-0.4, -0.2) is 19.9 Å². The van der Waals surface area contributed by atoms with Crippen LogP contribution in [0.25, 0.3) is 0 Å². The summed E-state index contributed by atoms with van der Waals surface area (Å²) < 4.78 is 27.5. The number of benzene rings is 1. The van der Waals surface area contributed by atoms with E-state index in [2.05, 4.69) is 20.9 Å². The van der Waals surface area contributed by atoms with Crippen LogP contribution in [0.5, 0.6) is 0 Å². The van der Waals surface area contributed by atoms with Gasteiger partial charge in [0.25, 0.3) is 10.0 Å². The molecule has 0 radical (unpaired) electrons. The third-order valence-corrected chi connectivity index (χ3v) is 6.02. The second-order valence-electron chi connectivity index (χ2n) is 4.08. The Morgan fingerprint density at radius 2 is 1.90 bits per heavy atom. The number of pyridine rings is 1. The molecule has 8 heteroatoms. The number of halogens is 3. The third-order valence-electron chi connectivity index (χ3n) is 2.73. The molecular weight excluding hydrogens is 399 g/mol. The summed E-state index contributed by atoms with van der Waals surface area (Å²) in [5, 5.41) is 0.133. The van der Waals surface area contributed by atoms with Gasteiger partial charge in [0.2, 0.25) is 0 Å². The fourth-order valence-corrected chi connectivity index (χ4v) is 5.23. The Kier molecular flexibility index (Phi) is 5.14. The molecule has 1 aromatic carbocycles. The first-order valence-corrected chi connectivity index (χ1v) is 8.94. The zero-order valence-electron chi connectivity index (χ0n) is 10.9. The fourth-order valence-electron chi connectivity index (χ4n) is 1.88. The Hall–Kier alpha value is -0.820. The summed E-state index contributed by atoms with van der Waals surface area (Å²) in [6.07, 6.45) is 3.05. The summed E-state index contributed by atoms with van der Waals surface area (Å²) in [7, 11) is -3.87. The van der Waals surface area contributed by atoms with Crippen LogP contribution in [0.3, 0.4) is 0 Å². The van der Waals surface area contributed by atoms with Crippen molar-refractivity contribution in [1.29, 1.82) is 0 Å².